The molecule has 1 aromatic heterocycles. The molecule has 1 heterocycles. The van der Waals surface area contributed by atoms with Crippen LogP contribution in [0.4, 0.5) is 0 Å². The monoisotopic (exact) mass is 158 g/mol. The molecule has 0 amide bonds. The van der Waals surface area contributed by atoms with Gasteiger partial charge in [-0.25, -0.2) is 4.79 Å². The van der Waals surface area contributed by atoms with Crippen molar-refractivity contribution in [3.8, 4) is 0 Å². The van der Waals surface area contributed by atoms with Gasteiger partial charge in [0.25, 0.3) is 0 Å². The summed E-state index contributed by atoms with van der Waals surface area (Å²) in [6, 6.07) is 3.29. The second kappa shape index (κ2) is 4.99. The van der Waals surface area contributed by atoms with Gasteiger partial charge in [0, 0.05) is 0 Å². The topological polar surface area (TPSA) is 37.3 Å². The zero-order valence-electron chi connectivity index (χ0n) is 6.00. The van der Waals surface area contributed by atoms with Gasteiger partial charge in [0.2, 0.25) is 0 Å². The van der Waals surface area contributed by atoms with E-state index in [9.17, 15) is 4.79 Å². The molecule has 0 radical (unpaired) electrons. The van der Waals surface area contributed by atoms with Crippen molar-refractivity contribution in [1.29, 1.82) is 0 Å². The second-order valence-corrected chi connectivity index (χ2v) is 2.23. The van der Waals surface area contributed by atoms with E-state index in [1.165, 1.54) is 11.3 Å². The van der Waals surface area contributed by atoms with Crippen molar-refractivity contribution < 1.29 is 9.90 Å². The van der Waals surface area contributed by atoms with Gasteiger partial charge < -0.3 is 5.11 Å². The first-order valence-electron chi connectivity index (χ1n) is 3.07. The van der Waals surface area contributed by atoms with Gasteiger partial charge in [0.1, 0.15) is 4.88 Å². The molecule has 0 fully saturated rings. The summed E-state index contributed by atoms with van der Waals surface area (Å²) in [6.07, 6.45) is 0. The Morgan fingerprint density at radius 1 is 1.60 bits per heavy atom. The van der Waals surface area contributed by atoms with E-state index in [4.69, 9.17) is 5.11 Å². The summed E-state index contributed by atoms with van der Waals surface area (Å²) in [4.78, 5) is 10.5. The highest BCUT2D eigenvalue weighted by molar-refractivity contribution is 7.11. The van der Waals surface area contributed by atoms with Gasteiger partial charge in [-0.1, -0.05) is 19.9 Å². The van der Waals surface area contributed by atoms with Gasteiger partial charge >= 0.3 is 5.97 Å². The molecule has 3 heteroatoms. The summed E-state index contributed by atoms with van der Waals surface area (Å²) in [5.41, 5.74) is 0. The number of carbonyl (C=O) groups is 1. The fourth-order valence-electron chi connectivity index (χ4n) is 0.400. The second-order valence-electron chi connectivity index (χ2n) is 1.28. The summed E-state index contributed by atoms with van der Waals surface area (Å²) < 4.78 is 0. The fraction of sp³-hybridized carbons (Fsp3) is 0.286. The average molecular weight is 158 g/mol. The molecule has 56 valence electrons. The molecule has 0 atom stereocenters. The summed E-state index contributed by atoms with van der Waals surface area (Å²) >= 11 is 1.23. The van der Waals surface area contributed by atoms with Crippen molar-refractivity contribution in [2.24, 2.45) is 0 Å². The molecule has 0 aliphatic carbocycles. The van der Waals surface area contributed by atoms with Crippen LogP contribution in [-0.4, -0.2) is 11.1 Å². The number of rotatable bonds is 1. The smallest absolute Gasteiger partial charge is 0.345 e. The summed E-state index contributed by atoms with van der Waals surface area (Å²) in [6.45, 7) is 4.00. The van der Waals surface area contributed by atoms with Crippen molar-refractivity contribution >= 4 is 17.3 Å². The van der Waals surface area contributed by atoms with Crippen molar-refractivity contribution in [3.05, 3.63) is 22.4 Å². The van der Waals surface area contributed by atoms with Crippen LogP contribution in [0.15, 0.2) is 17.5 Å². The largest absolute Gasteiger partial charge is 0.477 e. The molecule has 1 N–H and O–H groups in total. The van der Waals surface area contributed by atoms with Crippen molar-refractivity contribution in [2.45, 2.75) is 13.8 Å². The SMILES string of the molecule is CC.O=C(O)c1cccs1. The maximum Gasteiger partial charge on any atom is 0.345 e. The molecule has 2 nitrogen and oxygen atoms in total. The van der Waals surface area contributed by atoms with E-state index < -0.39 is 5.97 Å². The number of hydrogen-bond donors (Lipinski definition) is 1. The van der Waals surface area contributed by atoms with Crippen LogP contribution in [0.2, 0.25) is 0 Å². The van der Waals surface area contributed by atoms with Gasteiger partial charge in [-0.05, 0) is 11.4 Å². The maximum absolute atomic E-state index is 10.1. The standard InChI is InChI=1S/C5H4O2S.C2H6/c6-5(7)4-2-1-3-8-4;1-2/h1-3H,(H,6,7);1-2H3. The molecule has 0 aliphatic rings. The van der Waals surface area contributed by atoms with Crippen molar-refractivity contribution in [2.75, 3.05) is 0 Å². The van der Waals surface area contributed by atoms with E-state index in [-0.39, 0.29) is 0 Å². The normalized spacial score (nSPS) is 7.80. The van der Waals surface area contributed by atoms with Crippen LogP contribution >= 0.6 is 11.3 Å². The molecule has 0 bridgehead atoms. The van der Waals surface area contributed by atoms with E-state index in [2.05, 4.69) is 0 Å². The van der Waals surface area contributed by atoms with Crippen LogP contribution in [-0.2, 0) is 0 Å². The Morgan fingerprint density at radius 2 is 2.20 bits per heavy atom. The molecule has 1 aromatic rings. The lowest BCUT2D eigenvalue weighted by atomic mass is 10.5. The minimum absolute atomic E-state index is 0.394. The fourth-order valence-corrected chi connectivity index (χ4v) is 0.962. The Bertz CT molecular complexity index is 179. The molecule has 0 aromatic carbocycles. The number of carboxylic acids is 1. The van der Waals surface area contributed by atoms with Gasteiger partial charge in [0.15, 0.2) is 0 Å². The Balaban J connectivity index is 0.000000371. The number of carboxylic acid groups (broad SMARTS) is 1. The maximum atomic E-state index is 10.1. The quantitative estimate of drug-likeness (QED) is 0.681. The highest BCUT2D eigenvalue weighted by Gasteiger charge is 1.99. The van der Waals surface area contributed by atoms with E-state index in [1.54, 1.807) is 17.5 Å². The zero-order chi connectivity index (χ0) is 7.98. The van der Waals surface area contributed by atoms with Crippen LogP contribution in [0.3, 0.4) is 0 Å². The van der Waals surface area contributed by atoms with E-state index >= 15 is 0 Å². The van der Waals surface area contributed by atoms with Crippen LogP contribution in [0.5, 0.6) is 0 Å². The highest BCUT2D eigenvalue weighted by Crippen LogP contribution is 2.06. The van der Waals surface area contributed by atoms with Crippen LogP contribution in [0, 0.1) is 0 Å². The predicted octanol–water partition coefficient (Wildman–Crippen LogP) is 2.47. The van der Waals surface area contributed by atoms with Gasteiger partial charge in [0.05, 0.1) is 0 Å². The first-order chi connectivity index (χ1) is 4.80. The molecule has 0 saturated carbocycles. The molecule has 0 unspecified atom stereocenters. The molecular formula is C7H10O2S. The number of aromatic carboxylic acids is 1. The molecule has 10 heavy (non-hydrogen) atoms. The Hall–Kier alpha value is -0.830. The number of hydrogen-bond acceptors (Lipinski definition) is 2. The third-order valence-electron chi connectivity index (χ3n) is 0.732. The molecular weight excluding hydrogens is 148 g/mol. The Kier molecular flexibility index (Phi) is 4.58. The lowest BCUT2D eigenvalue weighted by Crippen LogP contribution is -1.89. The summed E-state index contributed by atoms with van der Waals surface area (Å²) in [5.74, 6) is -0.847. The summed E-state index contributed by atoms with van der Waals surface area (Å²) in [5, 5.41) is 10.0. The van der Waals surface area contributed by atoms with E-state index in [1.807, 2.05) is 13.8 Å². The lowest BCUT2D eigenvalue weighted by Gasteiger charge is -1.78. The predicted molar refractivity (Wildman–Crippen MR) is 42.6 cm³/mol. The molecule has 0 spiro atoms. The Morgan fingerprint density at radius 3 is 2.40 bits per heavy atom. The molecule has 0 aliphatic heterocycles. The van der Waals surface area contributed by atoms with E-state index in [0.717, 1.165) is 0 Å². The molecule has 1 rings (SSSR count). The van der Waals surface area contributed by atoms with Crippen molar-refractivity contribution in [3.63, 3.8) is 0 Å². The van der Waals surface area contributed by atoms with Crippen LogP contribution < -0.4 is 0 Å². The van der Waals surface area contributed by atoms with Crippen molar-refractivity contribution in [1.82, 2.24) is 0 Å². The highest BCUT2D eigenvalue weighted by atomic mass is 32.1. The van der Waals surface area contributed by atoms with Crippen LogP contribution in [0.25, 0.3) is 0 Å². The summed E-state index contributed by atoms with van der Waals surface area (Å²) in [7, 11) is 0. The first kappa shape index (κ1) is 9.17. The number of thiophene rings is 1. The zero-order valence-corrected chi connectivity index (χ0v) is 6.81. The van der Waals surface area contributed by atoms with Gasteiger partial charge in [-0.15, -0.1) is 11.3 Å². The molecule has 0 saturated heterocycles. The average Bonchev–Trinajstić information content (AvgIpc) is 2.42. The Labute approximate surface area is 64.1 Å². The van der Waals surface area contributed by atoms with Crippen LogP contribution in [0.1, 0.15) is 23.5 Å². The lowest BCUT2D eigenvalue weighted by molar-refractivity contribution is 0.0702. The van der Waals surface area contributed by atoms with Gasteiger partial charge in [-0.2, -0.15) is 0 Å². The third kappa shape index (κ3) is 2.64. The minimum atomic E-state index is -0.847. The first-order valence-corrected chi connectivity index (χ1v) is 3.95. The third-order valence-corrected chi connectivity index (χ3v) is 1.59. The van der Waals surface area contributed by atoms with E-state index in [0.29, 0.717) is 4.88 Å². The van der Waals surface area contributed by atoms with Gasteiger partial charge in [-0.3, -0.25) is 0 Å². The minimum Gasteiger partial charge on any atom is -0.477 e.